The van der Waals surface area contributed by atoms with Crippen molar-refractivity contribution in [2.24, 2.45) is 0 Å². The van der Waals surface area contributed by atoms with Crippen molar-refractivity contribution in [3.8, 4) is 0 Å². The van der Waals surface area contributed by atoms with Crippen molar-refractivity contribution in [2.45, 2.75) is 13.5 Å². The van der Waals surface area contributed by atoms with Gasteiger partial charge >= 0.3 is 0 Å². The van der Waals surface area contributed by atoms with Gasteiger partial charge in [0, 0.05) is 50.5 Å². The van der Waals surface area contributed by atoms with Crippen molar-refractivity contribution in [1.82, 2.24) is 14.9 Å². The summed E-state index contributed by atoms with van der Waals surface area (Å²) in [5.74, 6) is 0.414. The first kappa shape index (κ1) is 20.9. The summed E-state index contributed by atoms with van der Waals surface area (Å²) in [6, 6.07) is 13.4. The summed E-state index contributed by atoms with van der Waals surface area (Å²) in [7, 11) is 0. The third-order valence-electron chi connectivity index (χ3n) is 5.59. The SMILES string of the molecule is CCN1CCN(c2ccc(CN(C(=O)c3cccnc3)c3ccc(F)cc3)cn2)CC1. The van der Waals surface area contributed by atoms with Crippen LogP contribution in [0.3, 0.4) is 0 Å². The first-order valence-corrected chi connectivity index (χ1v) is 10.5. The second-order valence-corrected chi connectivity index (χ2v) is 7.56. The number of anilines is 2. The molecule has 0 aliphatic carbocycles. The molecule has 2 aromatic heterocycles. The van der Waals surface area contributed by atoms with Gasteiger partial charge < -0.3 is 14.7 Å². The van der Waals surface area contributed by atoms with Gasteiger partial charge in [-0.2, -0.15) is 0 Å². The molecule has 1 saturated heterocycles. The lowest BCUT2D eigenvalue weighted by Gasteiger charge is -2.34. The fraction of sp³-hybridized carbons (Fsp3) is 0.292. The summed E-state index contributed by atoms with van der Waals surface area (Å²) in [6.07, 6.45) is 4.98. The van der Waals surface area contributed by atoms with Crippen LogP contribution in [0.1, 0.15) is 22.8 Å². The van der Waals surface area contributed by atoms with E-state index < -0.39 is 0 Å². The summed E-state index contributed by atoms with van der Waals surface area (Å²) < 4.78 is 13.4. The van der Waals surface area contributed by atoms with Gasteiger partial charge in [-0.05, 0) is 54.6 Å². The Balaban J connectivity index is 1.53. The van der Waals surface area contributed by atoms with Crippen LogP contribution in [-0.4, -0.2) is 53.5 Å². The van der Waals surface area contributed by atoms with E-state index in [1.165, 1.54) is 18.3 Å². The third-order valence-corrected chi connectivity index (χ3v) is 5.59. The van der Waals surface area contributed by atoms with Gasteiger partial charge in [0.05, 0.1) is 12.1 Å². The molecule has 4 rings (SSSR count). The number of carbonyl (C=O) groups excluding carboxylic acids is 1. The number of nitrogens with zero attached hydrogens (tertiary/aromatic N) is 5. The van der Waals surface area contributed by atoms with Gasteiger partial charge in [-0.25, -0.2) is 9.37 Å². The van der Waals surface area contributed by atoms with E-state index in [-0.39, 0.29) is 11.7 Å². The Hall–Kier alpha value is -3.32. The Morgan fingerprint density at radius 2 is 1.81 bits per heavy atom. The zero-order valence-electron chi connectivity index (χ0n) is 17.6. The van der Waals surface area contributed by atoms with Crippen LogP contribution in [0.25, 0.3) is 0 Å². The van der Waals surface area contributed by atoms with Crippen molar-refractivity contribution in [3.05, 3.63) is 84.1 Å². The topological polar surface area (TPSA) is 52.6 Å². The quantitative estimate of drug-likeness (QED) is 0.611. The Morgan fingerprint density at radius 1 is 1.03 bits per heavy atom. The molecule has 160 valence electrons. The minimum absolute atomic E-state index is 0.195. The number of halogens is 1. The van der Waals surface area contributed by atoms with Crippen molar-refractivity contribution < 1.29 is 9.18 Å². The van der Waals surface area contributed by atoms with Gasteiger partial charge in [0.1, 0.15) is 11.6 Å². The first-order chi connectivity index (χ1) is 15.1. The number of carbonyl (C=O) groups is 1. The fourth-order valence-corrected chi connectivity index (χ4v) is 3.72. The van der Waals surface area contributed by atoms with E-state index >= 15 is 0 Å². The highest BCUT2D eigenvalue weighted by atomic mass is 19.1. The minimum Gasteiger partial charge on any atom is -0.354 e. The fourth-order valence-electron chi connectivity index (χ4n) is 3.72. The molecule has 0 spiro atoms. The number of aromatic nitrogens is 2. The lowest BCUT2D eigenvalue weighted by Crippen LogP contribution is -2.46. The zero-order chi connectivity index (χ0) is 21.6. The number of hydrogen-bond donors (Lipinski definition) is 0. The average molecular weight is 420 g/mol. The summed E-state index contributed by atoms with van der Waals surface area (Å²) in [6.45, 7) is 7.58. The lowest BCUT2D eigenvalue weighted by molar-refractivity contribution is 0.0984. The molecule has 0 bridgehead atoms. The van der Waals surface area contributed by atoms with E-state index in [2.05, 4.69) is 26.7 Å². The predicted octanol–water partition coefficient (Wildman–Crippen LogP) is 3.60. The minimum atomic E-state index is -0.341. The molecular formula is C24H26FN5O. The summed E-state index contributed by atoms with van der Waals surface area (Å²) in [5, 5.41) is 0. The second-order valence-electron chi connectivity index (χ2n) is 7.56. The van der Waals surface area contributed by atoms with Crippen LogP contribution in [0.4, 0.5) is 15.9 Å². The number of rotatable bonds is 6. The number of benzene rings is 1. The van der Waals surface area contributed by atoms with E-state index in [0.29, 0.717) is 17.8 Å². The third kappa shape index (κ3) is 5.06. The maximum atomic E-state index is 13.4. The highest BCUT2D eigenvalue weighted by Gasteiger charge is 2.20. The maximum absolute atomic E-state index is 13.4. The second kappa shape index (κ2) is 9.66. The van der Waals surface area contributed by atoms with Crippen LogP contribution >= 0.6 is 0 Å². The van der Waals surface area contributed by atoms with Crippen LogP contribution in [-0.2, 0) is 6.54 Å². The van der Waals surface area contributed by atoms with E-state index in [0.717, 1.165) is 44.1 Å². The molecule has 7 heteroatoms. The first-order valence-electron chi connectivity index (χ1n) is 10.5. The van der Waals surface area contributed by atoms with Gasteiger partial charge in [-0.15, -0.1) is 0 Å². The molecular weight excluding hydrogens is 393 g/mol. The predicted molar refractivity (Wildman–Crippen MR) is 120 cm³/mol. The van der Waals surface area contributed by atoms with Gasteiger partial charge in [0.15, 0.2) is 0 Å². The highest BCUT2D eigenvalue weighted by Crippen LogP contribution is 2.22. The average Bonchev–Trinajstić information content (AvgIpc) is 2.84. The van der Waals surface area contributed by atoms with E-state index in [4.69, 9.17) is 0 Å². The molecule has 1 aliphatic rings. The Morgan fingerprint density at radius 3 is 2.42 bits per heavy atom. The number of likely N-dealkylation sites (N-methyl/N-ethyl adjacent to an activating group) is 1. The number of amides is 1. The van der Waals surface area contributed by atoms with E-state index in [9.17, 15) is 9.18 Å². The van der Waals surface area contributed by atoms with Gasteiger partial charge in [0.25, 0.3) is 5.91 Å². The molecule has 31 heavy (non-hydrogen) atoms. The van der Waals surface area contributed by atoms with Gasteiger partial charge in [-0.1, -0.05) is 13.0 Å². The molecule has 0 unspecified atom stereocenters. The summed E-state index contributed by atoms with van der Waals surface area (Å²) in [4.78, 5) is 28.2. The Labute approximate surface area is 182 Å². The molecule has 6 nitrogen and oxygen atoms in total. The molecule has 1 aromatic carbocycles. The molecule has 0 radical (unpaired) electrons. The monoisotopic (exact) mass is 419 g/mol. The Bertz CT molecular complexity index is 987. The molecule has 3 aromatic rings. The number of piperazine rings is 1. The van der Waals surface area contributed by atoms with Crippen LogP contribution in [0.2, 0.25) is 0 Å². The summed E-state index contributed by atoms with van der Waals surface area (Å²) >= 11 is 0. The van der Waals surface area contributed by atoms with Crippen LogP contribution in [0.5, 0.6) is 0 Å². The van der Waals surface area contributed by atoms with Gasteiger partial charge in [0.2, 0.25) is 0 Å². The van der Waals surface area contributed by atoms with Crippen LogP contribution in [0.15, 0.2) is 67.1 Å². The zero-order valence-corrected chi connectivity index (χ0v) is 17.6. The van der Waals surface area contributed by atoms with Crippen LogP contribution in [0, 0.1) is 5.82 Å². The van der Waals surface area contributed by atoms with Crippen molar-refractivity contribution in [2.75, 3.05) is 42.5 Å². The number of hydrogen-bond acceptors (Lipinski definition) is 5. The Kier molecular flexibility index (Phi) is 6.52. The van der Waals surface area contributed by atoms with E-state index in [1.807, 2.05) is 18.3 Å². The molecule has 0 saturated carbocycles. The van der Waals surface area contributed by atoms with Crippen molar-refractivity contribution >= 4 is 17.4 Å². The smallest absolute Gasteiger partial charge is 0.260 e. The number of pyridine rings is 2. The maximum Gasteiger partial charge on any atom is 0.260 e. The van der Waals surface area contributed by atoms with Crippen molar-refractivity contribution in [3.63, 3.8) is 0 Å². The standard InChI is InChI=1S/C24H26FN5O/c1-2-28-12-14-29(15-13-28)23-10-5-19(16-27-23)18-30(22-8-6-21(25)7-9-22)24(31)20-4-3-11-26-17-20/h3-11,16-17H,2,12-15,18H2,1H3. The lowest BCUT2D eigenvalue weighted by atomic mass is 10.1. The van der Waals surface area contributed by atoms with Gasteiger partial charge in [-0.3, -0.25) is 9.78 Å². The molecule has 3 heterocycles. The molecule has 1 aliphatic heterocycles. The molecule has 1 amide bonds. The largest absolute Gasteiger partial charge is 0.354 e. The molecule has 0 atom stereocenters. The van der Waals surface area contributed by atoms with E-state index in [1.54, 1.807) is 35.4 Å². The van der Waals surface area contributed by atoms with Crippen LogP contribution < -0.4 is 9.80 Å². The van der Waals surface area contributed by atoms with Crippen molar-refractivity contribution in [1.29, 1.82) is 0 Å². The highest BCUT2D eigenvalue weighted by molar-refractivity contribution is 6.05. The molecule has 0 N–H and O–H groups in total. The normalized spacial score (nSPS) is 14.5. The summed E-state index contributed by atoms with van der Waals surface area (Å²) in [5.41, 5.74) is 2.00. The molecule has 1 fully saturated rings.